The van der Waals surface area contributed by atoms with Crippen LogP contribution < -0.4 is 20.9 Å². The number of amides is 2. The molecule has 0 aliphatic carbocycles. The standard InChI is InChI=1S/C38H43N5O3/c1-6-7-21-43-36-32(17-11-20-40-36)33(28-13-8-14-29(23-28)46-22-18-27-12-10-19-39-24-27)35(37(43)44)42-38(45)41-34-30(25(2)3)15-9-16-31(34)26(4)5/h8-17,19-20,23-26H,6-7,18,21-22H2,1-5H3,(H2,41,42,45). The van der Waals surface area contributed by atoms with Gasteiger partial charge in [0.15, 0.2) is 0 Å². The number of ether oxygens (including phenoxy) is 1. The molecule has 3 heterocycles. The van der Waals surface area contributed by atoms with Crippen molar-refractivity contribution in [3.63, 3.8) is 0 Å². The molecule has 8 heteroatoms. The van der Waals surface area contributed by atoms with Crippen molar-refractivity contribution in [1.29, 1.82) is 0 Å². The third-order valence-electron chi connectivity index (χ3n) is 8.11. The molecule has 2 aromatic carbocycles. The molecule has 0 spiro atoms. The zero-order valence-corrected chi connectivity index (χ0v) is 27.3. The van der Waals surface area contributed by atoms with Crippen LogP contribution >= 0.6 is 0 Å². The van der Waals surface area contributed by atoms with Crippen LogP contribution in [0.5, 0.6) is 5.75 Å². The second kappa shape index (κ2) is 14.9. The fraction of sp³-hybridized carbons (Fsp3) is 0.316. The van der Waals surface area contributed by atoms with Crippen molar-refractivity contribution in [3.05, 3.63) is 112 Å². The average molecular weight is 618 g/mol. The predicted octanol–water partition coefficient (Wildman–Crippen LogP) is 8.77. The molecule has 5 rings (SSSR count). The lowest BCUT2D eigenvalue weighted by molar-refractivity contribution is 0.262. The van der Waals surface area contributed by atoms with Crippen molar-refractivity contribution in [2.75, 3.05) is 17.2 Å². The van der Waals surface area contributed by atoms with Gasteiger partial charge >= 0.3 is 6.03 Å². The van der Waals surface area contributed by atoms with Gasteiger partial charge in [0.2, 0.25) is 0 Å². The number of pyridine rings is 3. The molecule has 3 aromatic heterocycles. The number of fused-ring (bicyclic) bond motifs is 1. The van der Waals surface area contributed by atoms with E-state index in [4.69, 9.17) is 4.74 Å². The van der Waals surface area contributed by atoms with Gasteiger partial charge in [0, 0.05) is 48.2 Å². The minimum atomic E-state index is -0.470. The number of benzene rings is 2. The van der Waals surface area contributed by atoms with Gasteiger partial charge in [-0.05, 0) is 70.8 Å². The quantitative estimate of drug-likeness (QED) is 0.146. The Morgan fingerprint density at radius 3 is 2.30 bits per heavy atom. The van der Waals surface area contributed by atoms with Gasteiger partial charge in [-0.1, -0.05) is 77.4 Å². The molecule has 0 bridgehead atoms. The number of hydrogen-bond acceptors (Lipinski definition) is 5. The van der Waals surface area contributed by atoms with Crippen LogP contribution in [0, 0.1) is 0 Å². The Balaban J connectivity index is 1.57. The molecule has 238 valence electrons. The molecule has 0 saturated carbocycles. The summed E-state index contributed by atoms with van der Waals surface area (Å²) in [5.74, 6) is 1.06. The van der Waals surface area contributed by atoms with Crippen molar-refractivity contribution < 1.29 is 9.53 Å². The molecule has 0 fully saturated rings. The summed E-state index contributed by atoms with van der Waals surface area (Å²) >= 11 is 0. The number of hydrogen-bond donors (Lipinski definition) is 2. The lowest BCUT2D eigenvalue weighted by Gasteiger charge is -2.22. The first-order valence-electron chi connectivity index (χ1n) is 16.1. The highest BCUT2D eigenvalue weighted by Crippen LogP contribution is 2.36. The maximum absolute atomic E-state index is 14.3. The summed E-state index contributed by atoms with van der Waals surface area (Å²) in [4.78, 5) is 36.9. The second-order valence-corrected chi connectivity index (χ2v) is 12.1. The van der Waals surface area contributed by atoms with E-state index in [9.17, 15) is 9.59 Å². The van der Waals surface area contributed by atoms with E-state index in [-0.39, 0.29) is 23.1 Å². The molecule has 0 aliphatic rings. The highest BCUT2D eigenvalue weighted by molar-refractivity contribution is 6.07. The fourth-order valence-electron chi connectivity index (χ4n) is 5.75. The van der Waals surface area contributed by atoms with Crippen LogP contribution in [0.25, 0.3) is 22.2 Å². The topological polar surface area (TPSA) is 98.1 Å². The summed E-state index contributed by atoms with van der Waals surface area (Å²) in [7, 11) is 0. The minimum Gasteiger partial charge on any atom is -0.493 e. The first kappa shape index (κ1) is 32.4. The van der Waals surface area contributed by atoms with Crippen LogP contribution in [-0.4, -0.2) is 27.2 Å². The Morgan fingerprint density at radius 1 is 0.891 bits per heavy atom. The van der Waals surface area contributed by atoms with Crippen LogP contribution in [0.1, 0.15) is 76.0 Å². The fourth-order valence-corrected chi connectivity index (χ4v) is 5.75. The van der Waals surface area contributed by atoms with Crippen molar-refractivity contribution in [3.8, 4) is 16.9 Å². The first-order valence-corrected chi connectivity index (χ1v) is 16.1. The second-order valence-electron chi connectivity index (χ2n) is 12.1. The van der Waals surface area contributed by atoms with E-state index in [1.54, 1.807) is 17.0 Å². The SMILES string of the molecule is CCCCn1c(=O)c(NC(=O)Nc2c(C(C)C)cccc2C(C)C)c(-c2cccc(OCCc3cccnc3)c2)c2cccnc21. The van der Waals surface area contributed by atoms with E-state index in [1.807, 2.05) is 72.9 Å². The number of aryl methyl sites for hydroxylation is 1. The smallest absolute Gasteiger partial charge is 0.323 e. The Kier molecular flexibility index (Phi) is 10.5. The van der Waals surface area contributed by atoms with E-state index in [1.165, 1.54) is 0 Å². The number of aromatic nitrogens is 3. The molecule has 8 nitrogen and oxygen atoms in total. The maximum Gasteiger partial charge on any atom is 0.323 e. The number of unbranched alkanes of at least 4 members (excludes halogenated alkanes) is 1. The molecule has 0 atom stereocenters. The van der Waals surface area contributed by atoms with Crippen LogP contribution in [-0.2, 0) is 13.0 Å². The molecule has 0 aliphatic heterocycles. The van der Waals surface area contributed by atoms with Gasteiger partial charge in [-0.15, -0.1) is 0 Å². The van der Waals surface area contributed by atoms with E-state index in [0.29, 0.717) is 36.5 Å². The van der Waals surface area contributed by atoms with Gasteiger partial charge < -0.3 is 15.4 Å². The highest BCUT2D eigenvalue weighted by atomic mass is 16.5. The van der Waals surface area contributed by atoms with Gasteiger partial charge in [-0.25, -0.2) is 9.78 Å². The summed E-state index contributed by atoms with van der Waals surface area (Å²) < 4.78 is 7.81. The molecular weight excluding hydrogens is 574 g/mol. The maximum atomic E-state index is 14.3. The zero-order valence-electron chi connectivity index (χ0n) is 27.3. The van der Waals surface area contributed by atoms with E-state index < -0.39 is 6.03 Å². The zero-order chi connectivity index (χ0) is 32.6. The van der Waals surface area contributed by atoms with Gasteiger partial charge in [0.25, 0.3) is 5.56 Å². The summed E-state index contributed by atoms with van der Waals surface area (Å²) in [6, 6.07) is 21.0. The minimum absolute atomic E-state index is 0.198. The predicted molar refractivity (Wildman–Crippen MR) is 187 cm³/mol. The van der Waals surface area contributed by atoms with E-state index in [2.05, 4.69) is 55.2 Å². The van der Waals surface area contributed by atoms with Gasteiger partial charge in [0.05, 0.1) is 6.61 Å². The number of rotatable bonds is 12. The van der Waals surface area contributed by atoms with Crippen molar-refractivity contribution >= 4 is 28.4 Å². The van der Waals surface area contributed by atoms with Crippen molar-refractivity contribution in [2.24, 2.45) is 0 Å². The average Bonchev–Trinajstić information content (AvgIpc) is 3.05. The number of anilines is 2. The van der Waals surface area contributed by atoms with Crippen molar-refractivity contribution in [1.82, 2.24) is 14.5 Å². The van der Waals surface area contributed by atoms with Crippen LogP contribution in [0.2, 0.25) is 0 Å². The van der Waals surface area contributed by atoms with Crippen LogP contribution in [0.4, 0.5) is 16.2 Å². The summed E-state index contributed by atoms with van der Waals surface area (Å²) in [5, 5.41) is 6.88. The van der Waals surface area contributed by atoms with Crippen LogP contribution in [0.15, 0.2) is 90.1 Å². The lowest BCUT2D eigenvalue weighted by atomic mass is 9.93. The molecule has 5 aromatic rings. The van der Waals surface area contributed by atoms with Gasteiger partial charge in [-0.2, -0.15) is 0 Å². The Hall–Kier alpha value is -4.98. The molecule has 2 N–H and O–H groups in total. The Labute approximate surface area is 270 Å². The Morgan fingerprint density at radius 2 is 1.61 bits per heavy atom. The monoisotopic (exact) mass is 617 g/mol. The number of nitrogens with zero attached hydrogens (tertiary/aromatic N) is 3. The molecule has 46 heavy (non-hydrogen) atoms. The van der Waals surface area contributed by atoms with Gasteiger partial charge in [-0.3, -0.25) is 14.3 Å². The summed E-state index contributed by atoms with van der Waals surface area (Å²) in [6.45, 7) is 11.5. The third kappa shape index (κ3) is 7.28. The lowest BCUT2D eigenvalue weighted by Crippen LogP contribution is -2.30. The molecular formula is C38H43N5O3. The summed E-state index contributed by atoms with van der Waals surface area (Å²) in [5.41, 5.74) is 5.79. The van der Waals surface area contributed by atoms with Crippen LogP contribution in [0.3, 0.4) is 0 Å². The molecule has 2 amide bonds. The molecule has 0 unspecified atom stereocenters. The largest absolute Gasteiger partial charge is 0.493 e. The third-order valence-corrected chi connectivity index (χ3v) is 8.11. The van der Waals surface area contributed by atoms with E-state index in [0.717, 1.165) is 46.2 Å². The molecule has 0 radical (unpaired) electrons. The number of carbonyl (C=O) groups is 1. The van der Waals surface area contributed by atoms with E-state index >= 15 is 0 Å². The number of para-hydroxylation sites is 1. The van der Waals surface area contributed by atoms with Crippen molar-refractivity contribution in [2.45, 2.75) is 72.3 Å². The number of carbonyl (C=O) groups excluding carboxylic acids is 1. The molecule has 0 saturated heterocycles. The highest BCUT2D eigenvalue weighted by Gasteiger charge is 2.23. The number of urea groups is 1. The first-order chi connectivity index (χ1) is 22.3. The summed E-state index contributed by atoms with van der Waals surface area (Å²) in [6.07, 6.45) is 7.70. The Bertz CT molecular complexity index is 1840. The van der Waals surface area contributed by atoms with Gasteiger partial charge in [0.1, 0.15) is 17.1 Å². The number of nitrogens with one attached hydrogen (secondary N) is 2. The normalized spacial score (nSPS) is 11.3.